The molecule has 0 saturated carbocycles. The van der Waals surface area contributed by atoms with Crippen molar-refractivity contribution in [2.24, 2.45) is 11.7 Å². The predicted octanol–water partition coefficient (Wildman–Crippen LogP) is 2.05. The van der Waals surface area contributed by atoms with Gasteiger partial charge in [0.1, 0.15) is 5.82 Å². The second-order valence-corrected chi connectivity index (χ2v) is 5.10. The van der Waals surface area contributed by atoms with Gasteiger partial charge >= 0.3 is 0 Å². The summed E-state index contributed by atoms with van der Waals surface area (Å²) in [7, 11) is 0. The van der Waals surface area contributed by atoms with Crippen molar-refractivity contribution >= 4 is 5.69 Å². The number of piperidine rings is 1. The predicted molar refractivity (Wildman–Crippen MR) is 71.0 cm³/mol. The van der Waals surface area contributed by atoms with E-state index in [1.807, 2.05) is 13.0 Å². The Bertz CT molecular complexity index is 401. The SMILES string of the molecule is C[C@H](N)c1cc(F)ccc1N1CCC(CO)CC1. The first-order valence-electron chi connectivity index (χ1n) is 6.52. The fourth-order valence-corrected chi connectivity index (χ4v) is 2.53. The standard InChI is InChI=1S/C14H21FN2O/c1-10(16)13-8-12(15)2-3-14(13)17-6-4-11(9-18)5-7-17/h2-3,8,10-11,18H,4-7,9,16H2,1H3/t10-/m0/s1. The maximum absolute atomic E-state index is 13.3. The molecule has 1 aromatic carbocycles. The molecule has 1 aromatic rings. The molecule has 3 nitrogen and oxygen atoms in total. The van der Waals surface area contributed by atoms with Gasteiger partial charge in [-0.2, -0.15) is 0 Å². The van der Waals surface area contributed by atoms with Gasteiger partial charge in [0.25, 0.3) is 0 Å². The summed E-state index contributed by atoms with van der Waals surface area (Å²) in [5, 5.41) is 9.14. The number of aliphatic hydroxyl groups excluding tert-OH is 1. The van der Waals surface area contributed by atoms with E-state index in [1.165, 1.54) is 12.1 Å². The smallest absolute Gasteiger partial charge is 0.123 e. The van der Waals surface area contributed by atoms with E-state index in [1.54, 1.807) is 0 Å². The van der Waals surface area contributed by atoms with Crippen molar-refractivity contribution in [2.75, 3.05) is 24.6 Å². The second-order valence-electron chi connectivity index (χ2n) is 5.10. The molecule has 0 bridgehead atoms. The van der Waals surface area contributed by atoms with Crippen molar-refractivity contribution in [3.05, 3.63) is 29.6 Å². The first-order chi connectivity index (χ1) is 8.61. The topological polar surface area (TPSA) is 49.5 Å². The lowest BCUT2D eigenvalue weighted by atomic mass is 9.96. The van der Waals surface area contributed by atoms with E-state index in [-0.39, 0.29) is 18.5 Å². The number of nitrogens with two attached hydrogens (primary N) is 1. The first-order valence-corrected chi connectivity index (χ1v) is 6.52. The van der Waals surface area contributed by atoms with Gasteiger partial charge in [0.05, 0.1) is 0 Å². The summed E-state index contributed by atoms with van der Waals surface area (Å²) >= 11 is 0. The zero-order chi connectivity index (χ0) is 13.1. The fraction of sp³-hybridized carbons (Fsp3) is 0.571. The third-order valence-corrected chi connectivity index (χ3v) is 3.69. The van der Waals surface area contributed by atoms with Gasteiger partial charge in [0, 0.05) is 31.4 Å². The summed E-state index contributed by atoms with van der Waals surface area (Å²) in [6.45, 7) is 3.93. The quantitative estimate of drug-likeness (QED) is 0.865. The molecule has 1 fully saturated rings. The third kappa shape index (κ3) is 2.82. The highest BCUT2D eigenvalue weighted by atomic mass is 19.1. The molecule has 0 radical (unpaired) electrons. The number of halogens is 1. The van der Waals surface area contributed by atoms with E-state index in [2.05, 4.69) is 4.90 Å². The number of anilines is 1. The molecule has 100 valence electrons. The van der Waals surface area contributed by atoms with Crippen LogP contribution >= 0.6 is 0 Å². The van der Waals surface area contributed by atoms with E-state index < -0.39 is 0 Å². The molecule has 1 atom stereocenters. The Kier molecular flexibility index (Phi) is 4.19. The Morgan fingerprint density at radius 3 is 2.67 bits per heavy atom. The molecule has 3 N–H and O–H groups in total. The maximum Gasteiger partial charge on any atom is 0.123 e. The fourth-order valence-electron chi connectivity index (χ4n) is 2.53. The first kappa shape index (κ1) is 13.3. The molecule has 0 aromatic heterocycles. The van der Waals surface area contributed by atoms with Crippen molar-refractivity contribution in [3.63, 3.8) is 0 Å². The molecule has 1 aliphatic heterocycles. The number of nitrogens with zero attached hydrogens (tertiary/aromatic N) is 1. The Morgan fingerprint density at radius 2 is 2.11 bits per heavy atom. The van der Waals surface area contributed by atoms with Crippen LogP contribution in [0.4, 0.5) is 10.1 Å². The van der Waals surface area contributed by atoms with Crippen LogP contribution in [0.1, 0.15) is 31.4 Å². The Hall–Kier alpha value is -1.13. The molecule has 1 heterocycles. The van der Waals surface area contributed by atoms with E-state index >= 15 is 0 Å². The maximum atomic E-state index is 13.3. The van der Waals surface area contributed by atoms with Crippen LogP contribution in [0, 0.1) is 11.7 Å². The monoisotopic (exact) mass is 252 g/mol. The van der Waals surface area contributed by atoms with Gasteiger partial charge in [-0.05, 0) is 49.4 Å². The molecule has 1 saturated heterocycles. The number of benzene rings is 1. The van der Waals surface area contributed by atoms with E-state index in [4.69, 9.17) is 10.8 Å². The number of hydrogen-bond acceptors (Lipinski definition) is 3. The average molecular weight is 252 g/mol. The molecule has 0 aliphatic carbocycles. The normalized spacial score (nSPS) is 19.0. The van der Waals surface area contributed by atoms with Crippen molar-refractivity contribution in [3.8, 4) is 0 Å². The van der Waals surface area contributed by atoms with Crippen LogP contribution in [0.2, 0.25) is 0 Å². The molecule has 0 spiro atoms. The van der Waals surface area contributed by atoms with Crippen molar-refractivity contribution < 1.29 is 9.50 Å². The summed E-state index contributed by atoms with van der Waals surface area (Å²) in [6.07, 6.45) is 1.96. The Morgan fingerprint density at radius 1 is 1.44 bits per heavy atom. The summed E-state index contributed by atoms with van der Waals surface area (Å²) in [5.74, 6) is 0.164. The largest absolute Gasteiger partial charge is 0.396 e. The molecule has 1 aliphatic rings. The molecule has 4 heteroatoms. The Balaban J connectivity index is 2.18. The van der Waals surface area contributed by atoms with Crippen LogP contribution in [0.3, 0.4) is 0 Å². The van der Waals surface area contributed by atoms with Crippen LogP contribution in [0.5, 0.6) is 0 Å². The zero-order valence-electron chi connectivity index (χ0n) is 10.8. The van der Waals surface area contributed by atoms with Crippen LogP contribution in [0.25, 0.3) is 0 Å². The minimum Gasteiger partial charge on any atom is -0.396 e. The summed E-state index contributed by atoms with van der Waals surface area (Å²) in [5.41, 5.74) is 7.80. The third-order valence-electron chi connectivity index (χ3n) is 3.69. The van der Waals surface area contributed by atoms with E-state index in [0.29, 0.717) is 5.92 Å². The highest BCUT2D eigenvalue weighted by Gasteiger charge is 2.21. The molecule has 0 amide bonds. The van der Waals surface area contributed by atoms with Crippen LogP contribution in [0.15, 0.2) is 18.2 Å². The number of rotatable bonds is 3. The van der Waals surface area contributed by atoms with E-state index in [0.717, 1.165) is 37.2 Å². The highest BCUT2D eigenvalue weighted by Crippen LogP contribution is 2.29. The zero-order valence-corrected chi connectivity index (χ0v) is 10.8. The lowest BCUT2D eigenvalue weighted by molar-refractivity contribution is 0.203. The van der Waals surface area contributed by atoms with Crippen molar-refractivity contribution in [1.82, 2.24) is 0 Å². The van der Waals surface area contributed by atoms with Gasteiger partial charge in [0.2, 0.25) is 0 Å². The van der Waals surface area contributed by atoms with Gasteiger partial charge in [-0.15, -0.1) is 0 Å². The van der Waals surface area contributed by atoms with Gasteiger partial charge < -0.3 is 15.7 Å². The second kappa shape index (κ2) is 5.67. The Labute approximate surface area is 107 Å². The van der Waals surface area contributed by atoms with E-state index in [9.17, 15) is 4.39 Å². The van der Waals surface area contributed by atoms with Crippen LogP contribution < -0.4 is 10.6 Å². The lowest BCUT2D eigenvalue weighted by Crippen LogP contribution is -2.35. The van der Waals surface area contributed by atoms with Gasteiger partial charge in [0.15, 0.2) is 0 Å². The molecular formula is C14H21FN2O. The number of hydrogen-bond donors (Lipinski definition) is 2. The van der Waals surface area contributed by atoms with Crippen LogP contribution in [-0.4, -0.2) is 24.8 Å². The lowest BCUT2D eigenvalue weighted by Gasteiger charge is -2.34. The molecule has 0 unspecified atom stereocenters. The molecular weight excluding hydrogens is 231 g/mol. The van der Waals surface area contributed by atoms with Crippen molar-refractivity contribution in [1.29, 1.82) is 0 Å². The van der Waals surface area contributed by atoms with Crippen molar-refractivity contribution in [2.45, 2.75) is 25.8 Å². The van der Waals surface area contributed by atoms with Crippen LogP contribution in [-0.2, 0) is 0 Å². The molecule has 2 rings (SSSR count). The average Bonchev–Trinajstić information content (AvgIpc) is 2.39. The summed E-state index contributed by atoms with van der Waals surface area (Å²) in [6, 6.07) is 4.65. The number of aliphatic hydroxyl groups is 1. The van der Waals surface area contributed by atoms with Gasteiger partial charge in [-0.1, -0.05) is 0 Å². The summed E-state index contributed by atoms with van der Waals surface area (Å²) < 4.78 is 13.3. The minimum atomic E-state index is -0.240. The van der Waals surface area contributed by atoms with Gasteiger partial charge in [-0.3, -0.25) is 0 Å². The van der Waals surface area contributed by atoms with Gasteiger partial charge in [-0.25, -0.2) is 4.39 Å². The minimum absolute atomic E-state index is 0.175. The highest BCUT2D eigenvalue weighted by molar-refractivity contribution is 5.55. The molecule has 18 heavy (non-hydrogen) atoms. The summed E-state index contributed by atoms with van der Waals surface area (Å²) in [4.78, 5) is 2.24.